The molecular formula is C13H23BrN2O. The highest BCUT2D eigenvalue weighted by Crippen LogP contribution is 2.26. The first-order chi connectivity index (χ1) is 7.95. The summed E-state index contributed by atoms with van der Waals surface area (Å²) in [6.45, 7) is 7.29. The summed E-state index contributed by atoms with van der Waals surface area (Å²) in [5, 5.41) is 0. The number of hydrogen-bond donors (Lipinski definition) is 1. The fourth-order valence-corrected chi connectivity index (χ4v) is 2.47. The van der Waals surface area contributed by atoms with Crippen molar-refractivity contribution >= 4 is 15.9 Å². The minimum Gasteiger partial charge on any atom is -0.453 e. The van der Waals surface area contributed by atoms with Crippen molar-refractivity contribution < 1.29 is 4.42 Å². The molecule has 1 aromatic rings. The predicted octanol–water partition coefficient (Wildman–Crippen LogP) is 3.41. The first-order valence-electron chi connectivity index (χ1n) is 6.13. The van der Waals surface area contributed by atoms with Crippen LogP contribution in [0.2, 0.25) is 0 Å². The fourth-order valence-electron chi connectivity index (χ4n) is 2.15. The standard InChI is InChI=1S/C13H23BrN2O/c1-9(2)7-10(3)16(4)11(8-15)12-5-6-13(14)17-12/h5-6,9-11H,7-8,15H2,1-4H3. The summed E-state index contributed by atoms with van der Waals surface area (Å²) < 4.78 is 6.37. The molecule has 0 aliphatic carbocycles. The zero-order valence-electron chi connectivity index (χ0n) is 11.1. The van der Waals surface area contributed by atoms with Gasteiger partial charge in [0.25, 0.3) is 0 Å². The molecule has 0 aromatic carbocycles. The molecule has 0 aliphatic heterocycles. The quantitative estimate of drug-likeness (QED) is 0.875. The Morgan fingerprint density at radius 2 is 2.00 bits per heavy atom. The van der Waals surface area contributed by atoms with Gasteiger partial charge in [-0.1, -0.05) is 13.8 Å². The third-order valence-electron chi connectivity index (χ3n) is 3.15. The lowest BCUT2D eigenvalue weighted by molar-refractivity contribution is 0.150. The molecule has 98 valence electrons. The summed E-state index contributed by atoms with van der Waals surface area (Å²) >= 11 is 3.33. The zero-order chi connectivity index (χ0) is 13.0. The van der Waals surface area contributed by atoms with E-state index >= 15 is 0 Å². The van der Waals surface area contributed by atoms with Crippen molar-refractivity contribution in [2.45, 2.75) is 39.3 Å². The Labute approximate surface area is 112 Å². The normalized spacial score (nSPS) is 15.5. The van der Waals surface area contributed by atoms with Crippen molar-refractivity contribution in [3.05, 3.63) is 22.6 Å². The van der Waals surface area contributed by atoms with Gasteiger partial charge < -0.3 is 10.2 Å². The number of furan rings is 1. The monoisotopic (exact) mass is 302 g/mol. The average molecular weight is 303 g/mol. The zero-order valence-corrected chi connectivity index (χ0v) is 12.7. The summed E-state index contributed by atoms with van der Waals surface area (Å²) in [5.74, 6) is 1.62. The molecule has 0 spiro atoms. The molecule has 0 aliphatic rings. The van der Waals surface area contributed by atoms with E-state index in [1.807, 2.05) is 12.1 Å². The van der Waals surface area contributed by atoms with Gasteiger partial charge in [0.05, 0.1) is 6.04 Å². The van der Waals surface area contributed by atoms with Crippen LogP contribution in [0.3, 0.4) is 0 Å². The smallest absolute Gasteiger partial charge is 0.169 e. The number of halogens is 1. The maximum absolute atomic E-state index is 5.87. The van der Waals surface area contributed by atoms with Crippen LogP contribution in [0.5, 0.6) is 0 Å². The highest BCUT2D eigenvalue weighted by Gasteiger charge is 2.23. The fraction of sp³-hybridized carbons (Fsp3) is 0.692. The van der Waals surface area contributed by atoms with Crippen LogP contribution in [0.1, 0.15) is 39.0 Å². The van der Waals surface area contributed by atoms with Crippen LogP contribution in [0.15, 0.2) is 21.2 Å². The predicted molar refractivity (Wildman–Crippen MR) is 74.9 cm³/mol. The molecule has 17 heavy (non-hydrogen) atoms. The number of nitrogens with zero attached hydrogens (tertiary/aromatic N) is 1. The lowest BCUT2D eigenvalue weighted by Gasteiger charge is -2.32. The van der Waals surface area contributed by atoms with Crippen LogP contribution in [-0.4, -0.2) is 24.5 Å². The van der Waals surface area contributed by atoms with Gasteiger partial charge in [0, 0.05) is 12.6 Å². The average Bonchev–Trinajstić information content (AvgIpc) is 2.64. The summed E-state index contributed by atoms with van der Waals surface area (Å²) in [5.41, 5.74) is 5.87. The molecule has 0 amide bonds. The molecule has 1 rings (SSSR count). The molecule has 0 radical (unpaired) electrons. The lowest BCUT2D eigenvalue weighted by Crippen LogP contribution is -2.37. The van der Waals surface area contributed by atoms with Crippen molar-refractivity contribution in [1.29, 1.82) is 0 Å². The molecule has 0 bridgehead atoms. The Bertz CT molecular complexity index is 338. The van der Waals surface area contributed by atoms with E-state index in [1.54, 1.807) is 0 Å². The third kappa shape index (κ3) is 4.12. The molecule has 2 unspecified atom stereocenters. The Morgan fingerprint density at radius 3 is 2.41 bits per heavy atom. The van der Waals surface area contributed by atoms with Crippen LogP contribution in [-0.2, 0) is 0 Å². The van der Waals surface area contributed by atoms with Crippen LogP contribution in [0, 0.1) is 5.92 Å². The second-order valence-electron chi connectivity index (χ2n) is 5.04. The largest absolute Gasteiger partial charge is 0.453 e. The maximum atomic E-state index is 5.87. The first-order valence-corrected chi connectivity index (χ1v) is 6.92. The molecule has 0 saturated carbocycles. The van der Waals surface area contributed by atoms with Gasteiger partial charge in [-0.25, -0.2) is 0 Å². The molecule has 0 fully saturated rings. The second-order valence-corrected chi connectivity index (χ2v) is 5.82. The number of hydrogen-bond acceptors (Lipinski definition) is 3. The van der Waals surface area contributed by atoms with Crippen LogP contribution in [0.4, 0.5) is 0 Å². The minimum atomic E-state index is 0.148. The molecule has 4 heteroatoms. The number of likely N-dealkylation sites (N-methyl/N-ethyl adjacent to an activating group) is 1. The van der Waals surface area contributed by atoms with Gasteiger partial charge in [0.2, 0.25) is 0 Å². The molecule has 3 nitrogen and oxygen atoms in total. The highest BCUT2D eigenvalue weighted by atomic mass is 79.9. The molecule has 1 heterocycles. The van der Waals surface area contributed by atoms with Crippen LogP contribution < -0.4 is 5.73 Å². The van der Waals surface area contributed by atoms with E-state index in [2.05, 4.69) is 48.6 Å². The Balaban J connectivity index is 2.73. The molecule has 0 saturated heterocycles. The highest BCUT2D eigenvalue weighted by molar-refractivity contribution is 9.10. The van der Waals surface area contributed by atoms with Crippen molar-refractivity contribution in [3.8, 4) is 0 Å². The minimum absolute atomic E-state index is 0.148. The van der Waals surface area contributed by atoms with E-state index in [-0.39, 0.29) is 6.04 Å². The van der Waals surface area contributed by atoms with Crippen LogP contribution in [0.25, 0.3) is 0 Å². The van der Waals surface area contributed by atoms with Gasteiger partial charge in [-0.3, -0.25) is 4.90 Å². The van der Waals surface area contributed by atoms with E-state index in [1.165, 1.54) is 0 Å². The Kier molecular flexibility index (Phi) is 5.70. The summed E-state index contributed by atoms with van der Waals surface area (Å²) in [6.07, 6.45) is 1.16. The topological polar surface area (TPSA) is 42.4 Å². The summed E-state index contributed by atoms with van der Waals surface area (Å²) in [6, 6.07) is 4.54. The number of rotatable bonds is 6. The van der Waals surface area contributed by atoms with E-state index < -0.39 is 0 Å². The van der Waals surface area contributed by atoms with Gasteiger partial charge >= 0.3 is 0 Å². The number of nitrogens with two attached hydrogens (primary N) is 1. The van der Waals surface area contributed by atoms with Crippen molar-refractivity contribution in [1.82, 2.24) is 4.90 Å². The van der Waals surface area contributed by atoms with Crippen molar-refractivity contribution in [2.24, 2.45) is 11.7 Å². The van der Waals surface area contributed by atoms with E-state index in [0.717, 1.165) is 16.9 Å². The van der Waals surface area contributed by atoms with E-state index in [9.17, 15) is 0 Å². The van der Waals surface area contributed by atoms with Gasteiger partial charge in [0.1, 0.15) is 5.76 Å². The Hall–Kier alpha value is -0.320. The van der Waals surface area contributed by atoms with Gasteiger partial charge in [-0.15, -0.1) is 0 Å². The molecule has 1 aromatic heterocycles. The molecule has 2 atom stereocenters. The van der Waals surface area contributed by atoms with E-state index in [0.29, 0.717) is 18.5 Å². The third-order valence-corrected chi connectivity index (χ3v) is 3.57. The van der Waals surface area contributed by atoms with Gasteiger partial charge in [0.15, 0.2) is 4.67 Å². The SMILES string of the molecule is CC(C)CC(C)N(C)C(CN)c1ccc(Br)o1. The molecule has 2 N–H and O–H groups in total. The van der Waals surface area contributed by atoms with Gasteiger partial charge in [-0.05, 0) is 54.4 Å². The van der Waals surface area contributed by atoms with Crippen molar-refractivity contribution in [2.75, 3.05) is 13.6 Å². The van der Waals surface area contributed by atoms with E-state index in [4.69, 9.17) is 10.2 Å². The summed E-state index contributed by atoms with van der Waals surface area (Å²) in [4.78, 5) is 2.30. The second kappa shape index (κ2) is 6.57. The lowest BCUT2D eigenvalue weighted by atomic mass is 10.0. The summed E-state index contributed by atoms with van der Waals surface area (Å²) in [7, 11) is 2.11. The van der Waals surface area contributed by atoms with Crippen LogP contribution >= 0.6 is 15.9 Å². The Morgan fingerprint density at radius 1 is 1.35 bits per heavy atom. The van der Waals surface area contributed by atoms with Crippen molar-refractivity contribution in [3.63, 3.8) is 0 Å². The van der Waals surface area contributed by atoms with Gasteiger partial charge in [-0.2, -0.15) is 0 Å². The first kappa shape index (κ1) is 14.7. The maximum Gasteiger partial charge on any atom is 0.169 e. The molecular weight excluding hydrogens is 280 g/mol.